The van der Waals surface area contributed by atoms with Crippen LogP contribution < -0.4 is 5.32 Å². The predicted molar refractivity (Wildman–Crippen MR) is 106 cm³/mol. The van der Waals surface area contributed by atoms with Gasteiger partial charge in [0.15, 0.2) is 0 Å². The smallest absolute Gasteiger partial charge is 0.257 e. The summed E-state index contributed by atoms with van der Waals surface area (Å²) in [6.45, 7) is 4.64. The Morgan fingerprint density at radius 3 is 2.52 bits per heavy atom. The molecule has 1 amide bonds. The Hall–Kier alpha value is -1.37. The zero-order chi connectivity index (χ0) is 17.1. The summed E-state index contributed by atoms with van der Waals surface area (Å²) in [6, 6.07) is 7.93. The fourth-order valence-corrected chi connectivity index (χ4v) is 3.53. The number of nitrogens with zero attached hydrogens (tertiary/aromatic N) is 3. The number of halogens is 2. The molecule has 2 heterocycles. The predicted octanol–water partition coefficient (Wildman–Crippen LogP) is 3.44. The Morgan fingerprint density at radius 1 is 1.28 bits per heavy atom. The van der Waals surface area contributed by atoms with Crippen LogP contribution >= 0.6 is 28.3 Å². The molecular formula is C18H24BrClN4O. The third-order valence-electron chi connectivity index (χ3n) is 4.71. The van der Waals surface area contributed by atoms with Crippen molar-refractivity contribution in [3.8, 4) is 5.69 Å². The fraction of sp³-hybridized carbons (Fsp3) is 0.444. The van der Waals surface area contributed by atoms with E-state index in [1.807, 2.05) is 47.8 Å². The Labute approximate surface area is 163 Å². The van der Waals surface area contributed by atoms with Gasteiger partial charge in [-0.3, -0.25) is 4.79 Å². The summed E-state index contributed by atoms with van der Waals surface area (Å²) < 4.78 is 2.85. The second-order valence-electron chi connectivity index (χ2n) is 6.33. The average molecular weight is 428 g/mol. The van der Waals surface area contributed by atoms with E-state index in [1.165, 1.54) is 0 Å². The summed E-state index contributed by atoms with van der Waals surface area (Å²) in [6.07, 6.45) is 3.82. The number of piperidine rings is 1. The molecule has 1 aromatic heterocycles. The van der Waals surface area contributed by atoms with Crippen LogP contribution in [0, 0.1) is 12.8 Å². The third-order valence-corrected chi connectivity index (χ3v) is 5.23. The summed E-state index contributed by atoms with van der Waals surface area (Å²) in [5.41, 5.74) is 2.55. The average Bonchev–Trinajstić information content (AvgIpc) is 2.97. The maximum atomic E-state index is 12.8. The molecule has 0 atom stereocenters. The second-order valence-corrected chi connectivity index (χ2v) is 7.24. The van der Waals surface area contributed by atoms with Crippen molar-refractivity contribution in [1.82, 2.24) is 20.0 Å². The van der Waals surface area contributed by atoms with Crippen molar-refractivity contribution in [1.29, 1.82) is 0 Å². The highest BCUT2D eigenvalue weighted by Gasteiger charge is 2.25. The Morgan fingerprint density at radius 2 is 1.92 bits per heavy atom. The van der Waals surface area contributed by atoms with Gasteiger partial charge in [0.2, 0.25) is 0 Å². The fourth-order valence-electron chi connectivity index (χ4n) is 3.26. The van der Waals surface area contributed by atoms with Gasteiger partial charge in [-0.2, -0.15) is 5.10 Å². The molecule has 136 valence electrons. The van der Waals surface area contributed by atoms with Crippen LogP contribution in [0.3, 0.4) is 0 Å². The lowest BCUT2D eigenvalue weighted by Gasteiger charge is -2.31. The number of nitrogens with one attached hydrogen (secondary N) is 1. The molecule has 1 aromatic carbocycles. The van der Waals surface area contributed by atoms with Crippen molar-refractivity contribution in [2.75, 3.05) is 26.7 Å². The topological polar surface area (TPSA) is 50.2 Å². The molecule has 1 N–H and O–H groups in total. The van der Waals surface area contributed by atoms with E-state index in [1.54, 1.807) is 6.20 Å². The summed E-state index contributed by atoms with van der Waals surface area (Å²) >= 11 is 3.44. The van der Waals surface area contributed by atoms with Gasteiger partial charge in [-0.15, -0.1) is 12.4 Å². The molecule has 0 unspecified atom stereocenters. The van der Waals surface area contributed by atoms with E-state index in [-0.39, 0.29) is 18.3 Å². The summed E-state index contributed by atoms with van der Waals surface area (Å²) in [5, 5.41) is 7.65. The lowest BCUT2D eigenvalue weighted by molar-refractivity contribution is 0.0690. The molecule has 1 saturated heterocycles. The molecule has 2 aromatic rings. The quantitative estimate of drug-likeness (QED) is 0.813. The van der Waals surface area contributed by atoms with Gasteiger partial charge in [0.25, 0.3) is 5.91 Å². The van der Waals surface area contributed by atoms with Gasteiger partial charge in [-0.25, -0.2) is 4.68 Å². The van der Waals surface area contributed by atoms with Crippen LogP contribution in [0.4, 0.5) is 0 Å². The van der Waals surface area contributed by atoms with Crippen LogP contribution in [0.2, 0.25) is 0 Å². The van der Waals surface area contributed by atoms with Crippen LogP contribution in [0.25, 0.3) is 5.69 Å². The third kappa shape index (κ3) is 4.43. The largest absolute Gasteiger partial charge is 0.339 e. The molecule has 5 nitrogen and oxygen atoms in total. The van der Waals surface area contributed by atoms with Crippen molar-refractivity contribution < 1.29 is 4.79 Å². The van der Waals surface area contributed by atoms with Crippen molar-refractivity contribution in [2.45, 2.75) is 19.8 Å². The van der Waals surface area contributed by atoms with Crippen LogP contribution in [0.15, 0.2) is 34.9 Å². The molecule has 3 rings (SSSR count). The van der Waals surface area contributed by atoms with Crippen molar-refractivity contribution in [3.05, 3.63) is 46.2 Å². The lowest BCUT2D eigenvalue weighted by Crippen LogP contribution is -2.40. The van der Waals surface area contributed by atoms with E-state index in [0.29, 0.717) is 11.5 Å². The van der Waals surface area contributed by atoms with E-state index in [0.717, 1.165) is 48.3 Å². The first kappa shape index (κ1) is 19.9. The van der Waals surface area contributed by atoms with Crippen molar-refractivity contribution in [2.24, 2.45) is 5.92 Å². The Bertz CT molecular complexity index is 708. The van der Waals surface area contributed by atoms with Crippen molar-refractivity contribution >= 4 is 34.2 Å². The van der Waals surface area contributed by atoms with Gasteiger partial charge in [0, 0.05) is 17.6 Å². The van der Waals surface area contributed by atoms with E-state index >= 15 is 0 Å². The number of amides is 1. The highest BCUT2D eigenvalue weighted by atomic mass is 79.9. The summed E-state index contributed by atoms with van der Waals surface area (Å²) in [4.78, 5) is 14.8. The first-order valence-electron chi connectivity index (χ1n) is 8.34. The number of carbonyl (C=O) groups is 1. The van der Waals surface area contributed by atoms with E-state index in [4.69, 9.17) is 0 Å². The second kappa shape index (κ2) is 8.83. The van der Waals surface area contributed by atoms with Gasteiger partial charge in [-0.05, 0) is 63.5 Å². The number of benzene rings is 1. The maximum absolute atomic E-state index is 12.8. The normalized spacial score (nSPS) is 15.1. The van der Waals surface area contributed by atoms with Crippen molar-refractivity contribution in [3.63, 3.8) is 0 Å². The molecule has 0 aliphatic carbocycles. The van der Waals surface area contributed by atoms with Gasteiger partial charge in [0.1, 0.15) is 0 Å². The molecule has 1 fully saturated rings. The van der Waals surface area contributed by atoms with Crippen LogP contribution in [-0.2, 0) is 0 Å². The number of hydrogen-bond acceptors (Lipinski definition) is 3. The number of aromatic nitrogens is 2. The van der Waals surface area contributed by atoms with E-state index in [9.17, 15) is 4.79 Å². The van der Waals surface area contributed by atoms with Gasteiger partial charge in [-0.1, -0.05) is 15.9 Å². The highest BCUT2D eigenvalue weighted by Crippen LogP contribution is 2.21. The maximum Gasteiger partial charge on any atom is 0.257 e. The minimum atomic E-state index is 0. The highest BCUT2D eigenvalue weighted by molar-refractivity contribution is 9.10. The SMILES string of the molecule is CNCC1CCN(C(=O)c2cnn(-c3ccc(Br)cc3)c2C)CC1.Cl. The number of hydrogen-bond donors (Lipinski definition) is 1. The Balaban J connectivity index is 0.00000225. The molecule has 0 spiro atoms. The van der Waals surface area contributed by atoms with Gasteiger partial charge in [0.05, 0.1) is 23.1 Å². The molecule has 1 aliphatic heterocycles. The molecule has 1 aliphatic rings. The van der Waals surface area contributed by atoms with Gasteiger partial charge < -0.3 is 10.2 Å². The Kier molecular flexibility index (Phi) is 7.04. The van der Waals surface area contributed by atoms with Gasteiger partial charge >= 0.3 is 0 Å². The zero-order valence-electron chi connectivity index (χ0n) is 14.5. The first-order valence-corrected chi connectivity index (χ1v) is 9.14. The molecular weight excluding hydrogens is 404 g/mol. The number of carbonyl (C=O) groups excluding carboxylic acids is 1. The molecule has 0 bridgehead atoms. The molecule has 0 saturated carbocycles. The number of likely N-dealkylation sites (tertiary alicyclic amines) is 1. The molecule has 0 radical (unpaired) electrons. The zero-order valence-corrected chi connectivity index (χ0v) is 16.9. The van der Waals surface area contributed by atoms with Crippen LogP contribution in [-0.4, -0.2) is 47.3 Å². The summed E-state index contributed by atoms with van der Waals surface area (Å²) in [5.74, 6) is 0.768. The minimum Gasteiger partial charge on any atom is -0.339 e. The van der Waals surface area contributed by atoms with E-state index < -0.39 is 0 Å². The lowest BCUT2D eigenvalue weighted by atomic mass is 9.96. The minimum absolute atomic E-state index is 0. The molecule has 7 heteroatoms. The van der Waals surface area contributed by atoms with Crippen LogP contribution in [0.1, 0.15) is 28.9 Å². The first-order chi connectivity index (χ1) is 11.6. The molecule has 25 heavy (non-hydrogen) atoms. The standard InChI is InChI=1S/C18H23BrN4O.ClH/c1-13-17(12-21-23(13)16-5-3-15(19)4-6-16)18(24)22-9-7-14(8-10-22)11-20-2;/h3-6,12,14,20H,7-11H2,1-2H3;1H. The van der Waals surface area contributed by atoms with Crippen LogP contribution in [0.5, 0.6) is 0 Å². The monoisotopic (exact) mass is 426 g/mol. The van der Waals surface area contributed by atoms with E-state index in [2.05, 4.69) is 26.3 Å². The number of rotatable bonds is 4. The summed E-state index contributed by atoms with van der Waals surface area (Å²) in [7, 11) is 1.98.